The average Bonchev–Trinajstić information content (AvgIpc) is 2.60. The third-order valence-corrected chi connectivity index (χ3v) is 5.80. The molecule has 0 radical (unpaired) electrons. The Hall–Kier alpha value is -1.64. The maximum absolute atomic E-state index is 12.4. The first-order valence-electron chi connectivity index (χ1n) is 8.42. The lowest BCUT2D eigenvalue weighted by Gasteiger charge is -2.21. The van der Waals surface area contributed by atoms with E-state index in [1.54, 1.807) is 26.2 Å². The summed E-state index contributed by atoms with van der Waals surface area (Å²) in [5.41, 5.74) is 0.971. The number of rotatable bonds is 9. The second-order valence-corrected chi connectivity index (χ2v) is 7.81. The minimum absolute atomic E-state index is 0.0857. The molecule has 25 heavy (non-hydrogen) atoms. The topological polar surface area (TPSA) is 83.0 Å². The molecule has 8 heteroatoms. The number of guanidine groups is 1. The Balaban J connectivity index is 2.62. The Morgan fingerprint density at radius 2 is 1.88 bits per heavy atom. The first kappa shape index (κ1) is 21.4. The Morgan fingerprint density at radius 3 is 2.40 bits per heavy atom. The molecule has 0 aliphatic rings. The van der Waals surface area contributed by atoms with Crippen LogP contribution >= 0.6 is 0 Å². The van der Waals surface area contributed by atoms with Gasteiger partial charge in [-0.1, -0.05) is 12.1 Å². The molecule has 0 spiro atoms. The monoisotopic (exact) mass is 370 g/mol. The van der Waals surface area contributed by atoms with Gasteiger partial charge in [0.25, 0.3) is 0 Å². The molecule has 1 rings (SSSR count). The van der Waals surface area contributed by atoms with Crippen LogP contribution in [0.4, 0.5) is 0 Å². The second kappa shape index (κ2) is 10.4. The Morgan fingerprint density at radius 1 is 1.24 bits per heavy atom. The van der Waals surface area contributed by atoms with Gasteiger partial charge in [-0.25, -0.2) is 8.42 Å². The lowest BCUT2D eigenvalue weighted by molar-refractivity contribution is 0.152. The number of nitrogens with zero attached hydrogens (tertiary/aromatic N) is 2. The number of ether oxygens (including phenoxy) is 1. The standard InChI is InChI=1S/C17H30N4O3S/c1-6-24-12-11-19-17(18-4)20-13-15-7-9-16(10-8-15)25(22,23)21(5)14(2)3/h7-10,14H,6,11-13H2,1-5H3,(H2,18,19,20). The van der Waals surface area contributed by atoms with Crippen molar-refractivity contribution in [2.45, 2.75) is 38.3 Å². The van der Waals surface area contributed by atoms with E-state index >= 15 is 0 Å². The summed E-state index contributed by atoms with van der Waals surface area (Å²) in [4.78, 5) is 4.43. The van der Waals surface area contributed by atoms with Crippen LogP contribution in [0.25, 0.3) is 0 Å². The number of hydrogen-bond acceptors (Lipinski definition) is 4. The molecular formula is C17H30N4O3S. The maximum Gasteiger partial charge on any atom is 0.243 e. The van der Waals surface area contributed by atoms with E-state index in [0.717, 1.165) is 5.56 Å². The number of benzene rings is 1. The van der Waals surface area contributed by atoms with E-state index in [4.69, 9.17) is 4.74 Å². The predicted octanol–water partition coefficient (Wildman–Crippen LogP) is 1.42. The molecule has 142 valence electrons. The van der Waals surface area contributed by atoms with Gasteiger partial charge in [0, 0.05) is 39.8 Å². The summed E-state index contributed by atoms with van der Waals surface area (Å²) in [6, 6.07) is 6.80. The molecule has 1 aromatic rings. The molecule has 0 bridgehead atoms. The number of nitrogens with one attached hydrogen (secondary N) is 2. The van der Waals surface area contributed by atoms with Gasteiger partial charge in [-0.05, 0) is 38.5 Å². The smallest absolute Gasteiger partial charge is 0.243 e. The average molecular weight is 371 g/mol. The Bertz CT molecular complexity index is 642. The first-order chi connectivity index (χ1) is 11.8. The quantitative estimate of drug-likeness (QED) is 0.390. The highest BCUT2D eigenvalue weighted by Crippen LogP contribution is 2.17. The van der Waals surface area contributed by atoms with Crippen LogP contribution < -0.4 is 10.6 Å². The van der Waals surface area contributed by atoms with Crippen LogP contribution in [0, 0.1) is 0 Å². The highest BCUT2D eigenvalue weighted by atomic mass is 32.2. The van der Waals surface area contributed by atoms with Gasteiger partial charge in [0.15, 0.2) is 5.96 Å². The van der Waals surface area contributed by atoms with Crippen molar-refractivity contribution in [1.29, 1.82) is 0 Å². The van der Waals surface area contributed by atoms with Crippen LogP contribution in [0.5, 0.6) is 0 Å². The molecule has 0 atom stereocenters. The molecule has 7 nitrogen and oxygen atoms in total. The molecule has 0 unspecified atom stereocenters. The zero-order valence-corrected chi connectivity index (χ0v) is 16.6. The van der Waals surface area contributed by atoms with Crippen LogP contribution in [-0.2, 0) is 21.3 Å². The Kier molecular flexibility index (Phi) is 8.88. The van der Waals surface area contributed by atoms with Crippen molar-refractivity contribution in [2.75, 3.05) is 33.9 Å². The molecule has 0 heterocycles. The largest absolute Gasteiger partial charge is 0.380 e. The molecule has 0 aliphatic heterocycles. The first-order valence-corrected chi connectivity index (χ1v) is 9.86. The highest BCUT2D eigenvalue weighted by Gasteiger charge is 2.22. The lowest BCUT2D eigenvalue weighted by Crippen LogP contribution is -2.38. The highest BCUT2D eigenvalue weighted by molar-refractivity contribution is 7.89. The van der Waals surface area contributed by atoms with Crippen molar-refractivity contribution >= 4 is 16.0 Å². The molecule has 0 saturated heterocycles. The fourth-order valence-electron chi connectivity index (χ4n) is 2.02. The van der Waals surface area contributed by atoms with Crippen molar-refractivity contribution in [3.8, 4) is 0 Å². The van der Waals surface area contributed by atoms with Crippen molar-refractivity contribution in [1.82, 2.24) is 14.9 Å². The van der Waals surface area contributed by atoms with Gasteiger partial charge in [0.2, 0.25) is 10.0 Å². The third kappa shape index (κ3) is 6.64. The van der Waals surface area contributed by atoms with Gasteiger partial charge in [-0.15, -0.1) is 0 Å². The summed E-state index contributed by atoms with van der Waals surface area (Å²) in [6.45, 7) is 8.18. The summed E-state index contributed by atoms with van der Waals surface area (Å²) in [7, 11) is -0.153. The number of hydrogen-bond donors (Lipinski definition) is 2. The SMILES string of the molecule is CCOCCNC(=NC)NCc1ccc(S(=O)(=O)N(C)C(C)C)cc1. The van der Waals surface area contributed by atoms with E-state index in [0.29, 0.717) is 37.2 Å². The summed E-state index contributed by atoms with van der Waals surface area (Å²) < 4.78 is 31.5. The molecule has 0 amide bonds. The van der Waals surface area contributed by atoms with Gasteiger partial charge in [0.05, 0.1) is 11.5 Å². The predicted molar refractivity (Wildman–Crippen MR) is 101 cm³/mol. The maximum atomic E-state index is 12.4. The van der Waals surface area contributed by atoms with Crippen LogP contribution in [0.2, 0.25) is 0 Å². The normalized spacial score (nSPS) is 12.7. The fraction of sp³-hybridized carbons (Fsp3) is 0.588. The van der Waals surface area contributed by atoms with Gasteiger partial charge in [-0.3, -0.25) is 4.99 Å². The van der Waals surface area contributed by atoms with Crippen molar-refractivity contribution in [3.63, 3.8) is 0 Å². The van der Waals surface area contributed by atoms with Crippen LogP contribution in [0.1, 0.15) is 26.3 Å². The molecule has 2 N–H and O–H groups in total. The van der Waals surface area contributed by atoms with Gasteiger partial charge >= 0.3 is 0 Å². The van der Waals surface area contributed by atoms with E-state index in [1.807, 2.05) is 32.9 Å². The van der Waals surface area contributed by atoms with Crippen molar-refractivity contribution < 1.29 is 13.2 Å². The van der Waals surface area contributed by atoms with Gasteiger partial charge < -0.3 is 15.4 Å². The van der Waals surface area contributed by atoms with Gasteiger partial charge in [0.1, 0.15) is 0 Å². The Labute approximate surface area is 151 Å². The fourth-order valence-corrected chi connectivity index (χ4v) is 3.38. The lowest BCUT2D eigenvalue weighted by atomic mass is 10.2. The summed E-state index contributed by atoms with van der Waals surface area (Å²) in [5, 5.41) is 6.33. The molecule has 0 saturated carbocycles. The summed E-state index contributed by atoms with van der Waals surface area (Å²) in [5.74, 6) is 0.677. The van der Waals surface area contributed by atoms with Crippen molar-refractivity contribution in [2.24, 2.45) is 4.99 Å². The van der Waals surface area contributed by atoms with Crippen LogP contribution in [-0.4, -0.2) is 58.6 Å². The van der Waals surface area contributed by atoms with E-state index in [-0.39, 0.29) is 6.04 Å². The second-order valence-electron chi connectivity index (χ2n) is 5.81. The summed E-state index contributed by atoms with van der Waals surface area (Å²) >= 11 is 0. The molecule has 0 aromatic heterocycles. The van der Waals surface area contributed by atoms with E-state index in [2.05, 4.69) is 15.6 Å². The molecule has 0 fully saturated rings. The third-order valence-electron chi connectivity index (χ3n) is 3.75. The van der Waals surface area contributed by atoms with E-state index < -0.39 is 10.0 Å². The molecule has 1 aromatic carbocycles. The number of aliphatic imine (C=N–C) groups is 1. The van der Waals surface area contributed by atoms with Crippen LogP contribution in [0.15, 0.2) is 34.2 Å². The minimum atomic E-state index is -3.45. The van der Waals surface area contributed by atoms with E-state index in [9.17, 15) is 8.42 Å². The zero-order chi connectivity index (χ0) is 18.9. The summed E-state index contributed by atoms with van der Waals surface area (Å²) in [6.07, 6.45) is 0. The number of sulfonamides is 1. The molecular weight excluding hydrogens is 340 g/mol. The van der Waals surface area contributed by atoms with Crippen molar-refractivity contribution in [3.05, 3.63) is 29.8 Å². The minimum Gasteiger partial charge on any atom is -0.380 e. The zero-order valence-electron chi connectivity index (χ0n) is 15.7. The molecule has 0 aliphatic carbocycles. The van der Waals surface area contributed by atoms with E-state index in [1.165, 1.54) is 4.31 Å². The van der Waals surface area contributed by atoms with Crippen LogP contribution in [0.3, 0.4) is 0 Å². The van der Waals surface area contributed by atoms with Gasteiger partial charge in [-0.2, -0.15) is 4.31 Å².